The Hall–Kier alpha value is -2.84. The Labute approximate surface area is 122 Å². The van der Waals surface area contributed by atoms with Crippen LogP contribution in [0.1, 0.15) is 18.4 Å². The fraction of sp³-hybridized carbons (Fsp3) is 0.312. The van der Waals surface area contributed by atoms with E-state index in [9.17, 15) is 14.9 Å². The van der Waals surface area contributed by atoms with Crippen molar-refractivity contribution in [3.05, 3.63) is 36.0 Å². The van der Waals surface area contributed by atoms with E-state index < -0.39 is 12.1 Å². The maximum Gasteiger partial charge on any atom is 0.161 e. The van der Waals surface area contributed by atoms with Gasteiger partial charge in [-0.05, 0) is 18.9 Å². The van der Waals surface area contributed by atoms with Gasteiger partial charge in [-0.3, -0.25) is 4.39 Å². The van der Waals surface area contributed by atoms with Crippen LogP contribution in [0.5, 0.6) is 0 Å². The summed E-state index contributed by atoms with van der Waals surface area (Å²) in [7, 11) is 0. The number of hydrogen-bond donors (Lipinski definition) is 0. The lowest BCUT2D eigenvalue weighted by atomic mass is 9.86. The first kappa shape index (κ1) is 14.6. The molecule has 0 saturated heterocycles. The van der Waals surface area contributed by atoms with Gasteiger partial charge in [-0.2, -0.15) is 15.8 Å². The lowest BCUT2D eigenvalue weighted by molar-refractivity contribution is 0.360. The number of nitrogens with zero attached hydrogens (tertiary/aromatic N) is 4. The lowest BCUT2D eigenvalue weighted by Crippen LogP contribution is -2.23. The van der Waals surface area contributed by atoms with Crippen LogP contribution in [0.25, 0.3) is 10.9 Å². The minimum atomic E-state index is -1.28. The number of fused-ring (bicyclic) bond motifs is 1. The number of benzene rings is 1. The molecule has 0 amide bonds. The van der Waals surface area contributed by atoms with Crippen molar-refractivity contribution >= 4 is 10.9 Å². The van der Waals surface area contributed by atoms with Gasteiger partial charge >= 0.3 is 0 Å². The third kappa shape index (κ3) is 2.71. The van der Waals surface area contributed by atoms with Crippen molar-refractivity contribution in [1.82, 2.24) is 4.57 Å². The number of hydrogen-bond acceptors (Lipinski definition) is 3. The van der Waals surface area contributed by atoms with Gasteiger partial charge in [-0.1, -0.05) is 18.2 Å². The molecular weight excluding hydrogens is 267 g/mol. The van der Waals surface area contributed by atoms with E-state index in [-0.39, 0.29) is 19.4 Å². The average Bonchev–Trinajstić information content (AvgIpc) is 2.89. The molecule has 0 N–H and O–H groups in total. The van der Waals surface area contributed by atoms with Gasteiger partial charge in [0.2, 0.25) is 0 Å². The van der Waals surface area contributed by atoms with E-state index in [1.165, 1.54) is 0 Å². The summed E-state index contributed by atoms with van der Waals surface area (Å²) in [6.07, 6.45) is 1.99. The second kappa shape index (κ2) is 6.07. The fourth-order valence-electron chi connectivity index (χ4n) is 2.41. The van der Waals surface area contributed by atoms with Crippen LogP contribution in [0.15, 0.2) is 30.5 Å². The summed E-state index contributed by atoms with van der Waals surface area (Å²) in [5, 5.41) is 28.6. The molecule has 0 atom stereocenters. The van der Waals surface area contributed by atoms with Crippen molar-refractivity contribution in [3.8, 4) is 18.2 Å². The van der Waals surface area contributed by atoms with Crippen LogP contribution < -0.4 is 0 Å². The smallest absolute Gasteiger partial charge is 0.161 e. The molecule has 2 rings (SSSR count). The molecule has 2 aromatic rings. The second-order valence-electron chi connectivity index (χ2n) is 4.90. The second-order valence-corrected chi connectivity index (χ2v) is 4.90. The standard InChI is InChI=1S/C16H13FN4/c17-7-3-6-16(10-19,11-20)12-21-9-13(8-18)14-4-1-2-5-15(14)21/h1-2,4-5,9H,3,6-7,12H2. The number of nitriles is 3. The van der Waals surface area contributed by atoms with E-state index in [0.29, 0.717) is 5.56 Å². The van der Waals surface area contributed by atoms with Crippen LogP contribution in [0.3, 0.4) is 0 Å². The first-order chi connectivity index (χ1) is 10.2. The third-order valence-corrected chi connectivity index (χ3v) is 3.51. The molecule has 0 bridgehead atoms. The van der Waals surface area contributed by atoms with E-state index in [0.717, 1.165) is 10.9 Å². The Morgan fingerprint density at radius 3 is 2.48 bits per heavy atom. The molecular formula is C16H13FN4. The monoisotopic (exact) mass is 280 g/mol. The molecule has 0 saturated carbocycles. The Bertz CT molecular complexity index is 756. The van der Waals surface area contributed by atoms with Crippen molar-refractivity contribution in [2.45, 2.75) is 19.4 Å². The third-order valence-electron chi connectivity index (χ3n) is 3.51. The summed E-state index contributed by atoms with van der Waals surface area (Å²) in [5.74, 6) is 0. The molecule has 1 aromatic carbocycles. The Morgan fingerprint density at radius 1 is 1.14 bits per heavy atom. The van der Waals surface area contributed by atoms with Crippen LogP contribution in [-0.4, -0.2) is 11.2 Å². The van der Waals surface area contributed by atoms with E-state index in [1.54, 1.807) is 10.8 Å². The highest BCUT2D eigenvalue weighted by molar-refractivity contribution is 5.86. The van der Waals surface area contributed by atoms with Crippen LogP contribution in [0, 0.1) is 39.4 Å². The lowest BCUT2D eigenvalue weighted by Gasteiger charge is -2.19. The minimum absolute atomic E-state index is 0.127. The number of alkyl halides is 1. The van der Waals surface area contributed by atoms with Crippen molar-refractivity contribution in [2.75, 3.05) is 6.67 Å². The SMILES string of the molecule is N#Cc1cn(CC(C#N)(C#N)CCCF)c2ccccc12. The van der Waals surface area contributed by atoms with Gasteiger partial charge in [-0.15, -0.1) is 0 Å². The Kier molecular flexibility index (Phi) is 4.21. The number of aromatic nitrogens is 1. The summed E-state index contributed by atoms with van der Waals surface area (Å²) in [5.41, 5.74) is 0.0192. The largest absolute Gasteiger partial charge is 0.343 e. The highest BCUT2D eigenvalue weighted by Crippen LogP contribution is 2.29. The van der Waals surface area contributed by atoms with Crippen LogP contribution in [0.2, 0.25) is 0 Å². The summed E-state index contributed by atoms with van der Waals surface area (Å²) in [4.78, 5) is 0. The predicted octanol–water partition coefficient (Wildman–Crippen LogP) is 3.30. The molecule has 4 nitrogen and oxygen atoms in total. The van der Waals surface area contributed by atoms with Crippen LogP contribution in [0.4, 0.5) is 4.39 Å². The van der Waals surface area contributed by atoms with E-state index in [2.05, 4.69) is 6.07 Å². The van der Waals surface area contributed by atoms with Crippen LogP contribution in [-0.2, 0) is 6.54 Å². The maximum absolute atomic E-state index is 12.4. The molecule has 0 spiro atoms. The van der Waals surface area contributed by atoms with Gasteiger partial charge in [0.15, 0.2) is 5.41 Å². The molecule has 5 heteroatoms. The molecule has 1 aromatic heterocycles. The van der Waals surface area contributed by atoms with Crippen molar-refractivity contribution in [1.29, 1.82) is 15.8 Å². The first-order valence-corrected chi connectivity index (χ1v) is 6.56. The first-order valence-electron chi connectivity index (χ1n) is 6.56. The molecule has 0 aliphatic heterocycles. The molecule has 21 heavy (non-hydrogen) atoms. The number of para-hydroxylation sites is 1. The van der Waals surface area contributed by atoms with Crippen molar-refractivity contribution in [2.24, 2.45) is 5.41 Å². The summed E-state index contributed by atoms with van der Waals surface area (Å²) >= 11 is 0. The zero-order valence-corrected chi connectivity index (χ0v) is 11.4. The average molecular weight is 280 g/mol. The van der Waals surface area contributed by atoms with E-state index >= 15 is 0 Å². The molecule has 0 aliphatic carbocycles. The highest BCUT2D eigenvalue weighted by Gasteiger charge is 2.31. The van der Waals surface area contributed by atoms with E-state index in [4.69, 9.17) is 5.26 Å². The van der Waals surface area contributed by atoms with Gasteiger partial charge in [0.1, 0.15) is 6.07 Å². The topological polar surface area (TPSA) is 76.3 Å². The summed E-state index contributed by atoms with van der Waals surface area (Å²) in [6.45, 7) is -0.427. The predicted molar refractivity (Wildman–Crippen MR) is 75.5 cm³/mol. The van der Waals surface area contributed by atoms with Crippen LogP contribution >= 0.6 is 0 Å². The normalized spacial score (nSPS) is 10.8. The van der Waals surface area contributed by atoms with Gasteiger partial charge in [-0.25, -0.2) is 0 Å². The minimum Gasteiger partial charge on any atom is -0.343 e. The quantitative estimate of drug-likeness (QED) is 0.843. The zero-order valence-electron chi connectivity index (χ0n) is 11.4. The van der Waals surface area contributed by atoms with Gasteiger partial charge in [0.25, 0.3) is 0 Å². The molecule has 0 aliphatic rings. The van der Waals surface area contributed by atoms with E-state index in [1.807, 2.05) is 36.4 Å². The summed E-state index contributed by atoms with van der Waals surface area (Å²) < 4.78 is 14.1. The fourth-order valence-corrected chi connectivity index (χ4v) is 2.41. The summed E-state index contributed by atoms with van der Waals surface area (Å²) in [6, 6.07) is 13.5. The van der Waals surface area contributed by atoms with Gasteiger partial charge < -0.3 is 4.57 Å². The number of halogens is 1. The van der Waals surface area contributed by atoms with Gasteiger partial charge in [0.05, 0.1) is 30.9 Å². The maximum atomic E-state index is 12.4. The molecule has 0 fully saturated rings. The van der Waals surface area contributed by atoms with Gasteiger partial charge in [0, 0.05) is 17.1 Å². The van der Waals surface area contributed by atoms with Crippen molar-refractivity contribution < 1.29 is 4.39 Å². The molecule has 0 unspecified atom stereocenters. The highest BCUT2D eigenvalue weighted by atomic mass is 19.1. The molecule has 0 radical (unpaired) electrons. The molecule has 1 heterocycles. The Balaban J connectivity index is 2.46. The Morgan fingerprint density at radius 2 is 1.86 bits per heavy atom. The zero-order chi connectivity index (χ0) is 15.3. The molecule has 104 valence electrons. The van der Waals surface area contributed by atoms with Crippen molar-refractivity contribution in [3.63, 3.8) is 0 Å². The number of rotatable bonds is 5.